The van der Waals surface area contributed by atoms with Gasteiger partial charge in [0.05, 0.1) is 44.0 Å². The minimum atomic E-state index is -3.38. The van der Waals surface area contributed by atoms with Gasteiger partial charge >= 0.3 is 0 Å². The second kappa shape index (κ2) is 6.18. The monoisotopic (exact) mass is 343 g/mol. The summed E-state index contributed by atoms with van der Waals surface area (Å²) in [4.78, 5) is 0. The number of sulfonamides is 1. The van der Waals surface area contributed by atoms with Crippen molar-refractivity contribution in [1.29, 1.82) is 0 Å². The first-order valence-corrected chi connectivity index (χ1v) is 9.59. The maximum Gasteiger partial charge on any atom is 0.216 e. The van der Waals surface area contributed by atoms with Crippen LogP contribution < -0.4 is 0 Å². The summed E-state index contributed by atoms with van der Waals surface area (Å²) in [5.74, 6) is 1.04. The molecule has 0 aliphatic carbocycles. The molecule has 3 aliphatic rings. The maximum atomic E-state index is 12.7. The first-order chi connectivity index (χ1) is 11.1. The standard InChI is InChI=1S/C15H21NO6S/c17-23(18,10-12-6-11-8-19-9-15(11)22-12)16-3-5-21-14(7-16)13-2-1-4-20-13/h1-2,4,11-12,14-15H,3,5-10H2/t11-,12?,14?,15+/m1/s1. The maximum absolute atomic E-state index is 12.7. The van der Waals surface area contributed by atoms with Crippen LogP contribution in [0.4, 0.5) is 0 Å². The Kier molecular flexibility index (Phi) is 4.19. The molecular formula is C15H21NO6S. The van der Waals surface area contributed by atoms with E-state index in [4.69, 9.17) is 18.6 Å². The van der Waals surface area contributed by atoms with Crippen LogP contribution >= 0.6 is 0 Å². The van der Waals surface area contributed by atoms with Crippen molar-refractivity contribution in [3.05, 3.63) is 24.2 Å². The zero-order valence-electron chi connectivity index (χ0n) is 12.8. The largest absolute Gasteiger partial charge is 0.467 e. The number of ether oxygens (including phenoxy) is 3. The third-order valence-electron chi connectivity index (χ3n) is 4.75. The lowest BCUT2D eigenvalue weighted by Crippen LogP contribution is -2.44. The molecule has 3 saturated heterocycles. The number of hydrogen-bond acceptors (Lipinski definition) is 6. The molecule has 0 spiro atoms. The first kappa shape index (κ1) is 15.6. The lowest BCUT2D eigenvalue weighted by Gasteiger charge is -2.31. The van der Waals surface area contributed by atoms with Crippen LogP contribution in [0.25, 0.3) is 0 Å². The molecule has 2 unspecified atom stereocenters. The highest BCUT2D eigenvalue weighted by atomic mass is 32.2. The summed E-state index contributed by atoms with van der Waals surface area (Å²) in [6.45, 7) is 2.30. The SMILES string of the molecule is O=S(=O)(CC1C[C@@H]2COC[C@@H]2O1)N1CCOC(c2ccco2)C1. The van der Waals surface area contributed by atoms with E-state index in [0.717, 1.165) is 6.42 Å². The molecule has 23 heavy (non-hydrogen) atoms. The van der Waals surface area contributed by atoms with Crippen LogP contribution in [0.1, 0.15) is 18.3 Å². The van der Waals surface area contributed by atoms with Gasteiger partial charge in [0.15, 0.2) is 0 Å². The van der Waals surface area contributed by atoms with E-state index in [2.05, 4.69) is 0 Å². The van der Waals surface area contributed by atoms with Gasteiger partial charge in [0.2, 0.25) is 10.0 Å². The Morgan fingerprint density at radius 2 is 2.22 bits per heavy atom. The Morgan fingerprint density at radius 1 is 1.30 bits per heavy atom. The van der Waals surface area contributed by atoms with Crippen molar-refractivity contribution < 1.29 is 27.0 Å². The van der Waals surface area contributed by atoms with E-state index in [1.54, 1.807) is 12.3 Å². The first-order valence-electron chi connectivity index (χ1n) is 7.98. The lowest BCUT2D eigenvalue weighted by atomic mass is 10.0. The van der Waals surface area contributed by atoms with Crippen LogP contribution in [0, 0.1) is 5.92 Å². The van der Waals surface area contributed by atoms with E-state index in [1.807, 2.05) is 6.07 Å². The molecular weight excluding hydrogens is 322 g/mol. The molecule has 4 rings (SSSR count). The van der Waals surface area contributed by atoms with E-state index in [9.17, 15) is 8.42 Å². The van der Waals surface area contributed by atoms with Crippen molar-refractivity contribution in [3.63, 3.8) is 0 Å². The van der Waals surface area contributed by atoms with Crippen LogP contribution in [0.3, 0.4) is 0 Å². The van der Waals surface area contributed by atoms with E-state index in [1.165, 1.54) is 4.31 Å². The zero-order chi connectivity index (χ0) is 15.9. The summed E-state index contributed by atoms with van der Waals surface area (Å²) in [6.07, 6.45) is 1.82. The van der Waals surface area contributed by atoms with Gasteiger partial charge in [0.1, 0.15) is 11.9 Å². The van der Waals surface area contributed by atoms with E-state index in [0.29, 0.717) is 44.6 Å². The molecule has 0 aromatic carbocycles. The van der Waals surface area contributed by atoms with Gasteiger partial charge in [0.25, 0.3) is 0 Å². The molecule has 0 bridgehead atoms. The number of hydrogen-bond donors (Lipinski definition) is 0. The Labute approximate surface area is 135 Å². The molecule has 128 valence electrons. The zero-order valence-corrected chi connectivity index (χ0v) is 13.6. The number of morpholine rings is 1. The van der Waals surface area contributed by atoms with Crippen molar-refractivity contribution in [1.82, 2.24) is 4.31 Å². The molecule has 4 atom stereocenters. The van der Waals surface area contributed by atoms with Crippen LogP contribution in [0.5, 0.6) is 0 Å². The molecule has 0 saturated carbocycles. The number of rotatable bonds is 4. The van der Waals surface area contributed by atoms with Crippen molar-refractivity contribution in [2.45, 2.75) is 24.7 Å². The Morgan fingerprint density at radius 3 is 3.00 bits per heavy atom. The molecule has 4 heterocycles. The second-order valence-electron chi connectivity index (χ2n) is 6.34. The van der Waals surface area contributed by atoms with Gasteiger partial charge in [-0.15, -0.1) is 0 Å². The quantitative estimate of drug-likeness (QED) is 0.804. The average molecular weight is 343 g/mol. The van der Waals surface area contributed by atoms with E-state index in [-0.39, 0.29) is 24.1 Å². The molecule has 8 heteroatoms. The second-order valence-corrected chi connectivity index (χ2v) is 8.35. The minimum absolute atomic E-state index is 0.0326. The van der Waals surface area contributed by atoms with Crippen LogP contribution in [-0.2, 0) is 24.2 Å². The highest BCUT2D eigenvalue weighted by Crippen LogP contribution is 2.33. The average Bonchev–Trinajstić information content (AvgIpc) is 3.23. The van der Waals surface area contributed by atoms with Crippen LogP contribution in [0.2, 0.25) is 0 Å². The Bertz CT molecular complexity index is 618. The fraction of sp³-hybridized carbons (Fsp3) is 0.733. The number of fused-ring (bicyclic) bond motifs is 1. The summed E-state index contributed by atoms with van der Waals surface area (Å²) in [7, 11) is -3.38. The van der Waals surface area contributed by atoms with Crippen molar-refractivity contribution >= 4 is 10.0 Å². The van der Waals surface area contributed by atoms with Gasteiger partial charge in [-0.3, -0.25) is 0 Å². The summed E-state index contributed by atoms with van der Waals surface area (Å²) in [5.41, 5.74) is 0. The Hall–Kier alpha value is -0.930. The number of nitrogens with zero attached hydrogens (tertiary/aromatic N) is 1. The van der Waals surface area contributed by atoms with Crippen LogP contribution in [-0.4, -0.2) is 63.6 Å². The van der Waals surface area contributed by atoms with Gasteiger partial charge in [-0.1, -0.05) is 0 Å². The molecule has 1 aromatic heterocycles. The fourth-order valence-corrected chi connectivity index (χ4v) is 5.17. The van der Waals surface area contributed by atoms with E-state index < -0.39 is 10.0 Å². The van der Waals surface area contributed by atoms with Gasteiger partial charge in [-0.25, -0.2) is 8.42 Å². The van der Waals surface area contributed by atoms with Gasteiger partial charge in [0, 0.05) is 19.0 Å². The van der Waals surface area contributed by atoms with Gasteiger partial charge in [-0.2, -0.15) is 4.31 Å². The van der Waals surface area contributed by atoms with Crippen LogP contribution in [0.15, 0.2) is 22.8 Å². The molecule has 3 aliphatic heterocycles. The molecule has 0 radical (unpaired) electrons. The van der Waals surface area contributed by atoms with Crippen molar-refractivity contribution in [2.75, 3.05) is 38.7 Å². The highest BCUT2D eigenvalue weighted by Gasteiger charge is 2.42. The van der Waals surface area contributed by atoms with Gasteiger partial charge < -0.3 is 18.6 Å². The van der Waals surface area contributed by atoms with Gasteiger partial charge in [-0.05, 0) is 18.6 Å². The fourth-order valence-electron chi connectivity index (χ4n) is 3.56. The summed E-state index contributed by atoms with van der Waals surface area (Å²) in [5, 5.41) is 0. The number of furan rings is 1. The summed E-state index contributed by atoms with van der Waals surface area (Å²) >= 11 is 0. The molecule has 1 aromatic rings. The van der Waals surface area contributed by atoms with Crippen molar-refractivity contribution in [3.8, 4) is 0 Å². The normalized spacial score (nSPS) is 35.5. The molecule has 7 nitrogen and oxygen atoms in total. The third kappa shape index (κ3) is 3.18. The molecule has 0 N–H and O–H groups in total. The lowest BCUT2D eigenvalue weighted by molar-refractivity contribution is -0.0150. The highest BCUT2D eigenvalue weighted by molar-refractivity contribution is 7.89. The topological polar surface area (TPSA) is 78.2 Å². The molecule has 3 fully saturated rings. The minimum Gasteiger partial charge on any atom is -0.467 e. The summed E-state index contributed by atoms with van der Waals surface area (Å²) < 4.78 is 49.1. The third-order valence-corrected chi connectivity index (χ3v) is 6.66. The van der Waals surface area contributed by atoms with E-state index >= 15 is 0 Å². The summed E-state index contributed by atoms with van der Waals surface area (Å²) in [6, 6.07) is 3.58. The van der Waals surface area contributed by atoms with Crippen molar-refractivity contribution in [2.24, 2.45) is 5.92 Å². The smallest absolute Gasteiger partial charge is 0.216 e. The predicted octanol–water partition coefficient (Wildman–Crippen LogP) is 0.787. The molecule has 0 amide bonds. The Balaban J connectivity index is 1.40. The predicted molar refractivity (Wildman–Crippen MR) is 80.3 cm³/mol.